The number of carbonyl (C=O) groups is 1. The lowest BCUT2D eigenvalue weighted by Crippen LogP contribution is -2.46. The van der Waals surface area contributed by atoms with Crippen molar-refractivity contribution >= 4 is 32.7 Å². The van der Waals surface area contributed by atoms with Gasteiger partial charge in [-0.2, -0.15) is 8.42 Å². The Morgan fingerprint density at radius 1 is 0.635 bits per heavy atom. The van der Waals surface area contributed by atoms with Crippen molar-refractivity contribution in [2.24, 2.45) is 53.3 Å². The van der Waals surface area contributed by atoms with Crippen LogP contribution in [0.1, 0.15) is 91.7 Å². The Hall–Kier alpha value is -5.09. The van der Waals surface area contributed by atoms with Crippen molar-refractivity contribution in [3.05, 3.63) is 150 Å². The fourth-order valence-electron chi connectivity index (χ4n) is 13.4. The number of hydrogen-bond acceptors (Lipinski definition) is 4. The Morgan fingerprint density at radius 3 is 1.73 bits per heavy atom. The molecule has 63 heavy (non-hydrogen) atoms. The van der Waals surface area contributed by atoms with E-state index in [1.165, 1.54) is 98.8 Å². The summed E-state index contributed by atoms with van der Waals surface area (Å²) in [4.78, 5) is 17.6. The average molecular weight is 864 g/mol. The number of aromatic nitrogens is 2. The van der Waals surface area contributed by atoms with Crippen LogP contribution in [0.3, 0.4) is 0 Å². The smallest absolute Gasteiger partial charge is 0.294 e. The molecule has 0 aliphatic heterocycles. The first-order valence-corrected chi connectivity index (χ1v) is 24.6. The van der Waals surface area contributed by atoms with Crippen molar-refractivity contribution in [1.29, 1.82) is 0 Å². The molecule has 1 aromatic heterocycles. The first-order chi connectivity index (χ1) is 30.1. The zero-order chi connectivity index (χ0) is 42.4. The molecule has 0 saturated heterocycles. The molecule has 8 fully saturated rings. The van der Waals surface area contributed by atoms with Crippen molar-refractivity contribution < 1.29 is 23.2 Å². The maximum absolute atomic E-state index is 12.6. The number of hydrogen-bond donors (Lipinski definition) is 2. The maximum Gasteiger partial charge on any atom is 0.294 e. The van der Waals surface area contributed by atoms with Crippen LogP contribution in [0.4, 0.5) is 5.69 Å². The highest BCUT2D eigenvalue weighted by atomic mass is 32.2. The summed E-state index contributed by atoms with van der Waals surface area (Å²) < 4.78 is 32.2. The molecule has 14 rings (SSSR count). The van der Waals surface area contributed by atoms with E-state index in [0.717, 1.165) is 82.0 Å². The minimum atomic E-state index is -4.02. The van der Waals surface area contributed by atoms with Crippen LogP contribution in [0, 0.1) is 60.2 Å². The van der Waals surface area contributed by atoms with Gasteiger partial charge in [-0.3, -0.25) is 9.35 Å². The van der Waals surface area contributed by atoms with E-state index in [2.05, 4.69) is 82.7 Å². The summed E-state index contributed by atoms with van der Waals surface area (Å²) >= 11 is 0. The number of imidazole rings is 1. The lowest BCUT2D eigenvalue weighted by molar-refractivity contribution is -0.0359. The van der Waals surface area contributed by atoms with E-state index in [4.69, 9.17) is 9.54 Å². The zero-order valence-corrected chi connectivity index (χ0v) is 37.0. The second-order valence-corrected chi connectivity index (χ2v) is 21.1. The standard InChI is InChI=1S/C24H27NO.C23H24N2.C7H8O3S.H2O/c26-24(18-6-2-1-3-7-18)25-23-9-5-4-8-19(23)15-22-20-11-16-10-17(13-20)14-21(22)12-16;1-2-6-17(7-3-1)23-24-20-8-4-5-9-21(20)25(23)22-18-11-15-10-16(13-18)14-19(22)12-15;1-6-2-4-7(5-3-6)11(8,9)10;/h1-9,16-17,20-22H,10-15H2,(H,25,26);1-9,15-16,18-19,22H,10-14H2;2-5H,1H3,(H,8,9,10);1H2. The summed E-state index contributed by atoms with van der Waals surface area (Å²) in [6, 6.07) is 44.1. The SMILES string of the molecule is Cc1ccc(S(=O)(=O)O)cc1.O.O=C(Nc1ccccc1CC1C2CC3CC(C2)CC1C3)c1ccccc1.c1ccc(-c2nc3ccccc3n2C2C3CC4CC(C3)CC2C4)cc1. The quantitative estimate of drug-likeness (QED) is 0.154. The van der Waals surface area contributed by atoms with Gasteiger partial charge in [-0.15, -0.1) is 0 Å². The van der Waals surface area contributed by atoms with Gasteiger partial charge in [0.15, 0.2) is 0 Å². The third-order valence-electron chi connectivity index (χ3n) is 15.6. The number of carbonyl (C=O) groups excluding carboxylic acids is 1. The topological polar surface area (TPSA) is 133 Å². The highest BCUT2D eigenvalue weighted by Crippen LogP contribution is 2.60. The van der Waals surface area contributed by atoms with Gasteiger partial charge in [-0.25, -0.2) is 4.98 Å². The summed E-state index contributed by atoms with van der Waals surface area (Å²) in [5, 5.41) is 3.16. The third kappa shape index (κ3) is 9.15. The molecular weight excluding hydrogens is 803 g/mol. The molecule has 0 spiro atoms. The molecule has 5 aromatic carbocycles. The van der Waals surface area contributed by atoms with E-state index < -0.39 is 10.1 Å². The van der Waals surface area contributed by atoms with Crippen LogP contribution < -0.4 is 5.32 Å². The van der Waals surface area contributed by atoms with Crippen LogP contribution in [0.2, 0.25) is 0 Å². The van der Waals surface area contributed by atoms with E-state index in [9.17, 15) is 13.2 Å². The fraction of sp³-hybridized carbons (Fsp3) is 0.407. The first-order valence-electron chi connectivity index (χ1n) is 23.1. The molecule has 8 nitrogen and oxygen atoms in total. The number of amides is 1. The molecule has 0 atom stereocenters. The number of rotatable bonds is 7. The maximum atomic E-state index is 12.6. The number of para-hydroxylation sites is 3. The molecule has 8 aliphatic carbocycles. The van der Waals surface area contributed by atoms with Gasteiger partial charge >= 0.3 is 0 Å². The third-order valence-corrected chi connectivity index (χ3v) is 16.5. The molecule has 8 saturated carbocycles. The van der Waals surface area contributed by atoms with Gasteiger partial charge in [0.05, 0.1) is 15.9 Å². The van der Waals surface area contributed by atoms with Crippen LogP contribution in [0.25, 0.3) is 22.4 Å². The Labute approximate surface area is 372 Å². The molecule has 1 amide bonds. The van der Waals surface area contributed by atoms with E-state index in [1.807, 2.05) is 43.3 Å². The molecule has 8 bridgehead atoms. The van der Waals surface area contributed by atoms with E-state index in [-0.39, 0.29) is 16.3 Å². The zero-order valence-electron chi connectivity index (χ0n) is 36.2. The molecular formula is C54H61N3O5S. The number of fused-ring (bicyclic) bond motifs is 1. The van der Waals surface area contributed by atoms with E-state index in [1.54, 1.807) is 12.1 Å². The van der Waals surface area contributed by atoms with Crippen molar-refractivity contribution in [2.75, 3.05) is 5.32 Å². The predicted molar refractivity (Wildman–Crippen MR) is 251 cm³/mol. The highest BCUT2D eigenvalue weighted by molar-refractivity contribution is 7.85. The number of nitrogens with one attached hydrogen (secondary N) is 1. The Kier molecular flexibility index (Phi) is 12.5. The van der Waals surface area contributed by atoms with Crippen molar-refractivity contribution in [3.8, 4) is 11.4 Å². The molecule has 0 unspecified atom stereocenters. The van der Waals surface area contributed by atoms with Crippen molar-refractivity contribution in [2.45, 2.75) is 88.5 Å². The fourth-order valence-corrected chi connectivity index (χ4v) is 13.9. The molecule has 4 N–H and O–H groups in total. The normalized spacial score (nSPS) is 28.3. The average Bonchev–Trinajstić information content (AvgIpc) is 3.65. The van der Waals surface area contributed by atoms with Gasteiger partial charge in [0.25, 0.3) is 16.0 Å². The number of benzene rings is 5. The number of anilines is 1. The van der Waals surface area contributed by atoms with Gasteiger partial charge in [0, 0.05) is 22.9 Å². The van der Waals surface area contributed by atoms with Gasteiger partial charge in [0.1, 0.15) is 5.82 Å². The van der Waals surface area contributed by atoms with Crippen LogP contribution in [-0.4, -0.2) is 33.9 Å². The minimum Gasteiger partial charge on any atom is -0.412 e. The predicted octanol–water partition coefficient (Wildman–Crippen LogP) is 11.7. The van der Waals surface area contributed by atoms with Gasteiger partial charge in [-0.05, 0) is 179 Å². The number of aryl methyl sites for hydroxylation is 1. The van der Waals surface area contributed by atoms with Gasteiger partial charge in [-0.1, -0.05) is 96.6 Å². The van der Waals surface area contributed by atoms with E-state index >= 15 is 0 Å². The highest BCUT2D eigenvalue weighted by Gasteiger charge is 2.50. The Morgan fingerprint density at radius 2 is 1.14 bits per heavy atom. The molecule has 328 valence electrons. The van der Waals surface area contributed by atoms with Crippen LogP contribution in [-0.2, 0) is 16.5 Å². The summed E-state index contributed by atoms with van der Waals surface area (Å²) in [7, 11) is -4.02. The van der Waals surface area contributed by atoms with E-state index in [0.29, 0.717) is 6.04 Å². The van der Waals surface area contributed by atoms with Gasteiger partial charge < -0.3 is 15.4 Å². The second kappa shape index (κ2) is 18.2. The second-order valence-electron chi connectivity index (χ2n) is 19.6. The lowest BCUT2D eigenvalue weighted by atomic mass is 9.51. The summed E-state index contributed by atoms with van der Waals surface area (Å²) in [6.07, 6.45) is 15.7. The number of nitrogens with zero attached hydrogens (tertiary/aromatic N) is 2. The summed E-state index contributed by atoms with van der Waals surface area (Å²) in [5.74, 6) is 9.59. The monoisotopic (exact) mass is 863 g/mol. The molecule has 9 heteroatoms. The first kappa shape index (κ1) is 43.2. The van der Waals surface area contributed by atoms with Crippen molar-refractivity contribution in [1.82, 2.24) is 9.55 Å². The largest absolute Gasteiger partial charge is 0.412 e. The van der Waals surface area contributed by atoms with Crippen LogP contribution in [0.5, 0.6) is 0 Å². The summed E-state index contributed by atoms with van der Waals surface area (Å²) in [5.41, 5.74) is 7.72. The molecule has 8 aliphatic rings. The minimum absolute atomic E-state index is 0. The summed E-state index contributed by atoms with van der Waals surface area (Å²) in [6.45, 7) is 1.84. The molecule has 6 aromatic rings. The van der Waals surface area contributed by atoms with Crippen molar-refractivity contribution in [3.63, 3.8) is 0 Å². The van der Waals surface area contributed by atoms with Crippen LogP contribution in [0.15, 0.2) is 138 Å². The Balaban J connectivity index is 0.000000129. The molecule has 1 heterocycles. The van der Waals surface area contributed by atoms with Gasteiger partial charge in [0.2, 0.25) is 0 Å². The molecule has 0 radical (unpaired) electrons. The Bertz CT molecular complexity index is 2570. The lowest BCUT2D eigenvalue weighted by Gasteiger charge is -2.55. The van der Waals surface area contributed by atoms with Crippen LogP contribution >= 0.6 is 0 Å².